The van der Waals surface area contributed by atoms with Gasteiger partial charge in [0.15, 0.2) is 0 Å². The Kier molecular flexibility index (Phi) is 4.03. The zero-order valence-corrected chi connectivity index (χ0v) is 11.0. The normalized spacial score (nSPS) is 11.8. The number of halogens is 1. The quantitative estimate of drug-likeness (QED) is 0.911. The molecule has 0 aliphatic rings. The van der Waals surface area contributed by atoms with Crippen LogP contribution in [0.2, 0.25) is 0 Å². The molecule has 92 valence electrons. The maximum Gasteiger partial charge on any atom is 0.134 e. The number of aliphatic hydroxyl groups is 1. The van der Waals surface area contributed by atoms with E-state index in [0.717, 1.165) is 4.47 Å². The molecule has 0 saturated carbocycles. The highest BCUT2D eigenvalue weighted by atomic mass is 79.9. The van der Waals surface area contributed by atoms with Gasteiger partial charge in [0, 0.05) is 11.0 Å². The molecule has 0 saturated heterocycles. The molecule has 0 aliphatic heterocycles. The second-order valence-electron chi connectivity index (χ2n) is 3.71. The molecule has 0 fully saturated rings. The van der Waals surface area contributed by atoms with Gasteiger partial charge in [0.2, 0.25) is 0 Å². The van der Waals surface area contributed by atoms with E-state index in [0.29, 0.717) is 17.0 Å². The first-order valence-electron chi connectivity index (χ1n) is 5.35. The summed E-state index contributed by atoms with van der Waals surface area (Å²) in [4.78, 5) is 0. The summed E-state index contributed by atoms with van der Waals surface area (Å²) in [6, 6.07) is 10.8. The summed E-state index contributed by atoms with van der Waals surface area (Å²) < 4.78 is 5.97. The minimum absolute atomic E-state index is 0.276. The van der Waals surface area contributed by atoms with E-state index < -0.39 is 6.10 Å². The Hall–Kier alpha value is -1.77. The molecule has 0 amide bonds. The summed E-state index contributed by atoms with van der Waals surface area (Å²) in [5.41, 5.74) is 1.21. The Morgan fingerprint density at radius 2 is 2.28 bits per heavy atom. The third kappa shape index (κ3) is 2.92. The second-order valence-corrected chi connectivity index (χ2v) is 4.63. The smallest absolute Gasteiger partial charge is 0.134 e. The number of nitrogens with one attached hydrogen (secondary N) is 1. The lowest BCUT2D eigenvalue weighted by molar-refractivity contribution is 0.162. The number of furan rings is 1. The Bertz CT molecular complexity index is 561. The van der Waals surface area contributed by atoms with Crippen LogP contribution in [0.1, 0.15) is 17.4 Å². The first-order valence-corrected chi connectivity index (χ1v) is 6.15. The molecular weight excluding hydrogens is 296 g/mol. The summed E-state index contributed by atoms with van der Waals surface area (Å²) in [5, 5.41) is 21.9. The second kappa shape index (κ2) is 5.71. The van der Waals surface area contributed by atoms with Crippen LogP contribution in [0.4, 0.5) is 5.69 Å². The summed E-state index contributed by atoms with van der Waals surface area (Å²) in [5.74, 6) is 0.496. The third-order valence-electron chi connectivity index (χ3n) is 2.46. The van der Waals surface area contributed by atoms with Gasteiger partial charge in [0.1, 0.15) is 17.9 Å². The van der Waals surface area contributed by atoms with Crippen LogP contribution in [-0.4, -0.2) is 11.7 Å². The predicted octanol–water partition coefficient (Wildman–Crippen LogP) is 3.06. The van der Waals surface area contributed by atoms with E-state index in [2.05, 4.69) is 27.3 Å². The van der Waals surface area contributed by atoms with Crippen LogP contribution in [0.25, 0.3) is 0 Å². The van der Waals surface area contributed by atoms with Crippen LogP contribution in [0, 0.1) is 11.3 Å². The number of hydrogen-bond acceptors (Lipinski definition) is 4. The van der Waals surface area contributed by atoms with Gasteiger partial charge in [-0.2, -0.15) is 5.26 Å². The van der Waals surface area contributed by atoms with Gasteiger partial charge in [-0.15, -0.1) is 0 Å². The van der Waals surface area contributed by atoms with Crippen molar-refractivity contribution in [3.8, 4) is 6.07 Å². The number of aliphatic hydroxyl groups excluding tert-OH is 1. The molecule has 1 atom stereocenters. The van der Waals surface area contributed by atoms with Crippen LogP contribution in [0.3, 0.4) is 0 Å². The Morgan fingerprint density at radius 1 is 1.44 bits per heavy atom. The van der Waals surface area contributed by atoms with E-state index in [-0.39, 0.29) is 6.54 Å². The van der Waals surface area contributed by atoms with Gasteiger partial charge in [-0.25, -0.2) is 0 Å². The fourth-order valence-electron chi connectivity index (χ4n) is 1.55. The van der Waals surface area contributed by atoms with Crippen molar-refractivity contribution in [2.24, 2.45) is 0 Å². The Balaban J connectivity index is 2.06. The highest BCUT2D eigenvalue weighted by molar-refractivity contribution is 9.10. The van der Waals surface area contributed by atoms with E-state index in [4.69, 9.17) is 9.68 Å². The Morgan fingerprint density at radius 3 is 2.94 bits per heavy atom. The largest absolute Gasteiger partial charge is 0.467 e. The summed E-state index contributed by atoms with van der Waals surface area (Å²) in [6.07, 6.45) is 0.767. The van der Waals surface area contributed by atoms with Gasteiger partial charge in [0.05, 0.1) is 17.5 Å². The molecule has 0 aliphatic carbocycles. The maximum absolute atomic E-state index is 9.85. The van der Waals surface area contributed by atoms with E-state index in [1.54, 1.807) is 30.3 Å². The molecule has 1 heterocycles. The van der Waals surface area contributed by atoms with Crippen molar-refractivity contribution >= 4 is 21.6 Å². The average Bonchev–Trinajstić information content (AvgIpc) is 2.90. The zero-order valence-electron chi connectivity index (χ0n) is 9.43. The molecule has 1 aromatic carbocycles. The van der Waals surface area contributed by atoms with Gasteiger partial charge < -0.3 is 14.8 Å². The van der Waals surface area contributed by atoms with Crippen molar-refractivity contribution in [1.29, 1.82) is 5.26 Å². The van der Waals surface area contributed by atoms with Gasteiger partial charge in [-0.1, -0.05) is 15.9 Å². The lowest BCUT2D eigenvalue weighted by Gasteiger charge is -2.12. The van der Waals surface area contributed by atoms with Crippen molar-refractivity contribution in [2.75, 3.05) is 11.9 Å². The van der Waals surface area contributed by atoms with Gasteiger partial charge in [-0.05, 0) is 30.3 Å². The van der Waals surface area contributed by atoms with E-state index >= 15 is 0 Å². The van der Waals surface area contributed by atoms with E-state index in [1.807, 2.05) is 0 Å². The SMILES string of the molecule is N#Cc1ccc(Br)cc1NCC(O)c1ccco1. The zero-order chi connectivity index (χ0) is 13.0. The molecule has 2 aromatic rings. The molecule has 2 N–H and O–H groups in total. The molecule has 0 spiro atoms. The van der Waals surface area contributed by atoms with Gasteiger partial charge in [-0.3, -0.25) is 0 Å². The van der Waals surface area contributed by atoms with Crippen molar-refractivity contribution in [1.82, 2.24) is 0 Å². The molecule has 4 nitrogen and oxygen atoms in total. The fourth-order valence-corrected chi connectivity index (χ4v) is 1.91. The number of benzene rings is 1. The van der Waals surface area contributed by atoms with Gasteiger partial charge >= 0.3 is 0 Å². The van der Waals surface area contributed by atoms with E-state index in [9.17, 15) is 5.11 Å². The molecule has 18 heavy (non-hydrogen) atoms. The van der Waals surface area contributed by atoms with Gasteiger partial charge in [0.25, 0.3) is 0 Å². The molecule has 1 unspecified atom stereocenters. The predicted molar refractivity (Wildman–Crippen MR) is 71.0 cm³/mol. The third-order valence-corrected chi connectivity index (χ3v) is 2.95. The summed E-state index contributed by atoms with van der Waals surface area (Å²) in [6.45, 7) is 0.276. The fraction of sp³-hybridized carbons (Fsp3) is 0.154. The highest BCUT2D eigenvalue weighted by Gasteiger charge is 2.11. The lowest BCUT2D eigenvalue weighted by Crippen LogP contribution is -2.12. The summed E-state index contributed by atoms with van der Waals surface area (Å²) in [7, 11) is 0. The molecular formula is C13H11BrN2O2. The number of hydrogen-bond donors (Lipinski definition) is 2. The molecule has 0 bridgehead atoms. The minimum Gasteiger partial charge on any atom is -0.467 e. The van der Waals surface area contributed by atoms with Crippen LogP contribution in [-0.2, 0) is 0 Å². The average molecular weight is 307 g/mol. The standard InChI is InChI=1S/C13H11BrN2O2/c14-10-4-3-9(7-15)11(6-10)16-8-12(17)13-2-1-5-18-13/h1-6,12,16-17H,8H2. The number of nitriles is 1. The minimum atomic E-state index is -0.745. The van der Waals surface area contributed by atoms with Crippen molar-refractivity contribution in [3.05, 3.63) is 52.4 Å². The van der Waals surface area contributed by atoms with Crippen LogP contribution in [0.15, 0.2) is 45.5 Å². The summed E-state index contributed by atoms with van der Waals surface area (Å²) >= 11 is 3.34. The highest BCUT2D eigenvalue weighted by Crippen LogP contribution is 2.22. The maximum atomic E-state index is 9.85. The van der Waals surface area contributed by atoms with Crippen LogP contribution < -0.4 is 5.32 Å². The first-order chi connectivity index (χ1) is 8.70. The van der Waals surface area contributed by atoms with Crippen LogP contribution >= 0.6 is 15.9 Å². The molecule has 2 rings (SSSR count). The Labute approximate surface area is 113 Å². The number of nitrogens with zero attached hydrogens (tertiary/aromatic N) is 1. The number of anilines is 1. The molecule has 0 radical (unpaired) electrons. The molecule has 1 aromatic heterocycles. The van der Waals surface area contributed by atoms with Crippen molar-refractivity contribution < 1.29 is 9.52 Å². The van der Waals surface area contributed by atoms with E-state index in [1.165, 1.54) is 6.26 Å². The number of rotatable bonds is 4. The van der Waals surface area contributed by atoms with Crippen molar-refractivity contribution in [3.63, 3.8) is 0 Å². The topological polar surface area (TPSA) is 69.2 Å². The lowest BCUT2D eigenvalue weighted by atomic mass is 10.2. The molecule has 5 heteroatoms. The van der Waals surface area contributed by atoms with Crippen molar-refractivity contribution in [2.45, 2.75) is 6.10 Å². The van der Waals surface area contributed by atoms with Crippen LogP contribution in [0.5, 0.6) is 0 Å². The monoisotopic (exact) mass is 306 g/mol. The first kappa shape index (κ1) is 12.7.